The first-order valence-corrected chi connectivity index (χ1v) is 16.5. The Morgan fingerprint density at radius 3 is 1.00 bits per heavy atom. The Morgan fingerprint density at radius 1 is 0.340 bits per heavy atom. The third-order valence-corrected chi connectivity index (χ3v) is 13.1. The van der Waals surface area contributed by atoms with Gasteiger partial charge in [-0.15, -0.1) is 0 Å². The van der Waals surface area contributed by atoms with Crippen molar-refractivity contribution in [3.63, 3.8) is 0 Å². The minimum Gasteiger partial charge on any atom is -0.206 e. The molecule has 0 fully saturated rings. The van der Waals surface area contributed by atoms with E-state index in [1.54, 1.807) is 121 Å². The molecular weight excluding hydrogens is 623 g/mol. The van der Waals surface area contributed by atoms with Gasteiger partial charge >= 0.3 is 0 Å². The molecule has 0 radical (unpaired) electrons. The average molecular weight is 643 g/mol. The molecule has 0 saturated heterocycles. The molecule has 0 aromatic heterocycles. The van der Waals surface area contributed by atoms with Gasteiger partial charge in [0.05, 0.1) is 11.1 Å². The van der Waals surface area contributed by atoms with E-state index in [-0.39, 0.29) is 0 Å². The van der Waals surface area contributed by atoms with Crippen LogP contribution >= 0.6 is 0 Å². The van der Waals surface area contributed by atoms with E-state index < -0.39 is 75.6 Å². The minimum absolute atomic E-state index is 0.338. The lowest BCUT2D eigenvalue weighted by Gasteiger charge is -2.32. The van der Waals surface area contributed by atoms with E-state index in [1.807, 2.05) is 0 Å². The van der Waals surface area contributed by atoms with Crippen LogP contribution in [0.15, 0.2) is 121 Å². The summed E-state index contributed by atoms with van der Waals surface area (Å²) in [5.74, 6) is 0.947. The van der Waals surface area contributed by atoms with Crippen LogP contribution in [0.25, 0.3) is 11.1 Å². The third kappa shape index (κ3) is 4.67. The fourth-order valence-corrected chi connectivity index (χ4v) is 11.5. The monoisotopic (exact) mass is 642 g/mol. The molecule has 0 atom stereocenters. The molecule has 0 unspecified atom stereocenters. The number of hydrogen-bond acceptors (Lipinski definition) is 0. The molecule has 0 bridgehead atoms. The highest BCUT2D eigenvalue weighted by molar-refractivity contribution is 7.22. The predicted molar refractivity (Wildman–Crippen MR) is 174 cm³/mol. The van der Waals surface area contributed by atoms with Gasteiger partial charge in [-0.3, -0.25) is 0 Å². The quantitative estimate of drug-likeness (QED) is 0.0855. The first kappa shape index (κ1) is 29.9. The Balaban J connectivity index is 1.66. The molecule has 226 valence electrons. The molecule has 0 amide bonds. The van der Waals surface area contributed by atoms with Gasteiger partial charge in [0.15, 0.2) is 31.3 Å². The largest absolute Gasteiger partial charge is 0.206 e. The zero-order valence-corrected chi connectivity index (χ0v) is 25.3. The van der Waals surface area contributed by atoms with Crippen molar-refractivity contribution in [3.8, 4) is 34.8 Å². The standard InChI is InChI=1S/C40H20F6Si/c41-33-29(23-21-25-13-5-1-6-14-25)35(43)39-31(37(33)45)32-38(46)34(42)30(24-22-26-15-7-2-8-16-26)36(44)40(32)47(39,27-17-9-3-10-18-27)28-19-11-4-12-20-28/h1-20H. The third-order valence-electron chi connectivity index (χ3n) is 8.27. The van der Waals surface area contributed by atoms with E-state index >= 15 is 26.3 Å². The molecule has 6 aromatic carbocycles. The van der Waals surface area contributed by atoms with Crippen molar-refractivity contribution in [3.05, 3.63) is 178 Å². The van der Waals surface area contributed by atoms with Crippen molar-refractivity contribution in [1.82, 2.24) is 0 Å². The number of hydrogen-bond donors (Lipinski definition) is 0. The summed E-state index contributed by atoms with van der Waals surface area (Å²) in [6.45, 7) is 0. The van der Waals surface area contributed by atoms with Gasteiger partial charge in [-0.1, -0.05) is 121 Å². The smallest absolute Gasteiger partial charge is 0.188 e. The summed E-state index contributed by atoms with van der Waals surface area (Å²) in [6, 6.07) is 32.9. The van der Waals surface area contributed by atoms with Crippen LogP contribution in [-0.2, 0) is 0 Å². The Bertz CT molecular complexity index is 2130. The summed E-state index contributed by atoms with van der Waals surface area (Å²) >= 11 is 0. The van der Waals surface area contributed by atoms with Gasteiger partial charge < -0.3 is 0 Å². The van der Waals surface area contributed by atoms with Gasteiger partial charge in [0.25, 0.3) is 0 Å². The molecule has 1 heterocycles. The van der Waals surface area contributed by atoms with Crippen LogP contribution in [0.5, 0.6) is 0 Å². The molecule has 7 heteroatoms. The van der Waals surface area contributed by atoms with Crippen LogP contribution < -0.4 is 20.7 Å². The molecule has 47 heavy (non-hydrogen) atoms. The predicted octanol–water partition coefficient (Wildman–Crippen LogP) is 6.68. The van der Waals surface area contributed by atoms with E-state index in [0.29, 0.717) is 21.5 Å². The van der Waals surface area contributed by atoms with Gasteiger partial charge in [0.1, 0.15) is 11.6 Å². The van der Waals surface area contributed by atoms with Gasteiger partial charge in [0, 0.05) is 32.6 Å². The van der Waals surface area contributed by atoms with E-state index in [2.05, 4.69) is 23.7 Å². The highest BCUT2D eigenvalue weighted by atomic mass is 28.3. The van der Waals surface area contributed by atoms with Crippen molar-refractivity contribution in [2.24, 2.45) is 0 Å². The fraction of sp³-hybridized carbons (Fsp3) is 0. The topological polar surface area (TPSA) is 0 Å². The van der Waals surface area contributed by atoms with Crippen LogP contribution in [0.3, 0.4) is 0 Å². The van der Waals surface area contributed by atoms with E-state index in [1.165, 1.54) is 0 Å². The summed E-state index contributed by atoms with van der Waals surface area (Å²) in [6.07, 6.45) is 0. The van der Waals surface area contributed by atoms with Gasteiger partial charge in [-0.2, -0.15) is 0 Å². The molecule has 0 N–H and O–H groups in total. The lowest BCUT2D eigenvalue weighted by molar-refractivity contribution is 0.488. The summed E-state index contributed by atoms with van der Waals surface area (Å²) < 4.78 is 98.8. The second kappa shape index (κ2) is 11.9. The molecule has 6 aromatic rings. The Labute approximate surface area is 268 Å². The van der Waals surface area contributed by atoms with Gasteiger partial charge in [0.2, 0.25) is 0 Å². The maximum atomic E-state index is 17.1. The normalized spacial score (nSPS) is 12.3. The molecule has 0 saturated carbocycles. The fourth-order valence-electron chi connectivity index (χ4n) is 6.27. The van der Waals surface area contributed by atoms with Crippen LogP contribution in [0.1, 0.15) is 22.3 Å². The summed E-state index contributed by atoms with van der Waals surface area (Å²) in [7, 11) is -4.40. The van der Waals surface area contributed by atoms with Crippen molar-refractivity contribution < 1.29 is 26.3 Å². The van der Waals surface area contributed by atoms with Crippen molar-refractivity contribution in [2.75, 3.05) is 0 Å². The molecule has 1 aliphatic rings. The summed E-state index contributed by atoms with van der Waals surface area (Å²) in [5, 5.41) is -0.229. The number of rotatable bonds is 2. The molecule has 0 nitrogen and oxygen atoms in total. The van der Waals surface area contributed by atoms with Crippen LogP contribution in [0, 0.1) is 58.6 Å². The SMILES string of the molecule is Fc1c(F)c2c(c(F)c1C#Cc1ccccc1)[Si](c1ccccc1)(c1ccccc1)c1c(F)c(C#Cc3ccccc3)c(F)c(F)c1-2. The first-order chi connectivity index (χ1) is 22.9. The van der Waals surface area contributed by atoms with Crippen molar-refractivity contribution in [2.45, 2.75) is 0 Å². The highest BCUT2D eigenvalue weighted by Gasteiger charge is 2.56. The van der Waals surface area contributed by atoms with Crippen molar-refractivity contribution in [1.29, 1.82) is 0 Å². The maximum Gasteiger partial charge on any atom is 0.188 e. The van der Waals surface area contributed by atoms with Crippen LogP contribution in [0.4, 0.5) is 26.3 Å². The molecule has 1 aliphatic heterocycles. The van der Waals surface area contributed by atoms with Crippen molar-refractivity contribution >= 4 is 28.8 Å². The minimum atomic E-state index is -4.40. The highest BCUT2D eigenvalue weighted by Crippen LogP contribution is 2.39. The summed E-state index contributed by atoms with van der Waals surface area (Å²) in [5.41, 5.74) is -2.70. The Kier molecular flexibility index (Phi) is 7.56. The lowest BCUT2D eigenvalue weighted by Crippen LogP contribution is -2.74. The first-order valence-electron chi connectivity index (χ1n) is 14.5. The molecule has 0 spiro atoms. The van der Waals surface area contributed by atoms with E-state index in [4.69, 9.17) is 0 Å². The zero-order chi connectivity index (χ0) is 32.7. The second-order valence-corrected chi connectivity index (χ2v) is 14.5. The second-order valence-electron chi connectivity index (χ2n) is 10.8. The molecule has 7 rings (SSSR count). The number of fused-ring (bicyclic) bond motifs is 3. The van der Waals surface area contributed by atoms with E-state index in [9.17, 15) is 0 Å². The average Bonchev–Trinajstić information content (AvgIpc) is 3.45. The summed E-state index contributed by atoms with van der Waals surface area (Å²) in [4.78, 5) is 0. The maximum absolute atomic E-state index is 17.1. The molecular formula is C40H20F6Si. The number of halogens is 6. The van der Waals surface area contributed by atoms with E-state index in [0.717, 1.165) is 0 Å². The van der Waals surface area contributed by atoms with Crippen LogP contribution in [-0.4, -0.2) is 8.07 Å². The number of benzene rings is 6. The van der Waals surface area contributed by atoms with Gasteiger partial charge in [-0.05, 0) is 34.6 Å². The Morgan fingerprint density at radius 2 is 0.660 bits per heavy atom. The molecule has 0 aliphatic carbocycles. The Hall–Kier alpha value is -5.76. The van der Waals surface area contributed by atoms with Gasteiger partial charge in [-0.25, -0.2) is 26.3 Å². The zero-order valence-electron chi connectivity index (χ0n) is 24.3. The van der Waals surface area contributed by atoms with Crippen LogP contribution in [0.2, 0.25) is 0 Å². The lowest BCUT2D eigenvalue weighted by atomic mass is 9.99.